The summed E-state index contributed by atoms with van der Waals surface area (Å²) in [4.78, 5) is 23.0. The van der Waals surface area contributed by atoms with Crippen LogP contribution in [0.15, 0.2) is 18.2 Å². The van der Waals surface area contributed by atoms with Crippen molar-refractivity contribution in [2.24, 2.45) is 5.92 Å². The van der Waals surface area contributed by atoms with Gasteiger partial charge in [-0.25, -0.2) is 4.39 Å². The number of hydrogen-bond acceptors (Lipinski definition) is 3. The summed E-state index contributed by atoms with van der Waals surface area (Å²) >= 11 is 0. The first-order valence-electron chi connectivity index (χ1n) is 5.26. The molecule has 1 N–H and O–H groups in total. The number of nitrogens with one attached hydrogen (secondary N) is 1. The van der Waals surface area contributed by atoms with E-state index in [0.717, 1.165) is 0 Å². The number of methoxy groups -OCH3 is 1. The van der Waals surface area contributed by atoms with Crippen molar-refractivity contribution in [2.75, 3.05) is 12.4 Å². The van der Waals surface area contributed by atoms with E-state index in [1.807, 2.05) is 0 Å². The van der Waals surface area contributed by atoms with Gasteiger partial charge in [0.2, 0.25) is 5.91 Å². The van der Waals surface area contributed by atoms with Gasteiger partial charge in [0.15, 0.2) is 0 Å². The molecule has 0 radical (unpaired) electrons. The van der Waals surface area contributed by atoms with Crippen molar-refractivity contribution in [3.8, 4) is 0 Å². The highest BCUT2D eigenvalue weighted by Gasteiger charge is 2.27. The molecule has 0 saturated carbocycles. The van der Waals surface area contributed by atoms with E-state index in [2.05, 4.69) is 10.1 Å². The second kappa shape index (κ2) is 4.53. The van der Waals surface area contributed by atoms with Crippen molar-refractivity contribution in [3.05, 3.63) is 29.6 Å². The Morgan fingerprint density at radius 2 is 2.24 bits per heavy atom. The van der Waals surface area contributed by atoms with Gasteiger partial charge in [0.05, 0.1) is 13.0 Å². The molecule has 0 saturated heterocycles. The van der Waals surface area contributed by atoms with Crippen LogP contribution < -0.4 is 5.32 Å². The zero-order valence-electron chi connectivity index (χ0n) is 9.33. The third-order valence-electron chi connectivity index (χ3n) is 2.77. The summed E-state index contributed by atoms with van der Waals surface area (Å²) in [6.45, 7) is 0. The molecule has 0 fully saturated rings. The Labute approximate surface area is 97.8 Å². The lowest BCUT2D eigenvalue weighted by Crippen LogP contribution is -2.22. The van der Waals surface area contributed by atoms with E-state index >= 15 is 0 Å². The fraction of sp³-hybridized carbons (Fsp3) is 0.333. The third kappa shape index (κ3) is 2.43. The van der Waals surface area contributed by atoms with Crippen LogP contribution in [0.1, 0.15) is 12.0 Å². The summed E-state index contributed by atoms with van der Waals surface area (Å²) < 4.78 is 17.7. The lowest BCUT2D eigenvalue weighted by molar-refractivity contribution is -0.146. The van der Waals surface area contributed by atoms with Gasteiger partial charge in [0, 0.05) is 12.1 Å². The lowest BCUT2D eigenvalue weighted by atomic mass is 9.97. The summed E-state index contributed by atoms with van der Waals surface area (Å²) in [7, 11) is 1.28. The maximum Gasteiger partial charge on any atom is 0.309 e. The van der Waals surface area contributed by atoms with Crippen molar-refractivity contribution in [3.63, 3.8) is 0 Å². The molecule has 1 aromatic carbocycles. The van der Waals surface area contributed by atoms with E-state index in [4.69, 9.17) is 0 Å². The summed E-state index contributed by atoms with van der Waals surface area (Å²) in [6, 6.07) is 4.11. The predicted octanol–water partition coefficient (Wildman–Crippen LogP) is 1.50. The summed E-state index contributed by atoms with van der Waals surface area (Å²) in [6.07, 6.45) is 0.363. The third-order valence-corrected chi connectivity index (χ3v) is 2.77. The highest BCUT2D eigenvalue weighted by atomic mass is 19.1. The number of benzene rings is 1. The maximum absolute atomic E-state index is 13.1. The van der Waals surface area contributed by atoms with Gasteiger partial charge in [-0.3, -0.25) is 9.59 Å². The minimum absolute atomic E-state index is 0.0585. The monoisotopic (exact) mass is 237 g/mol. The summed E-state index contributed by atoms with van der Waals surface area (Å²) in [5, 5.41) is 2.65. The number of hydrogen-bond donors (Lipinski definition) is 1. The number of rotatable bonds is 1. The van der Waals surface area contributed by atoms with Crippen LogP contribution in [-0.2, 0) is 20.7 Å². The number of amides is 1. The fourth-order valence-corrected chi connectivity index (χ4v) is 1.95. The largest absolute Gasteiger partial charge is 0.469 e. The van der Waals surface area contributed by atoms with Crippen LogP contribution in [0, 0.1) is 11.7 Å². The molecule has 0 aromatic heterocycles. The topological polar surface area (TPSA) is 55.4 Å². The number of carbonyl (C=O) groups excluding carboxylic acids is 2. The second-order valence-electron chi connectivity index (χ2n) is 3.98. The molecule has 1 atom stereocenters. The Kier molecular flexibility index (Phi) is 3.08. The molecule has 17 heavy (non-hydrogen) atoms. The van der Waals surface area contributed by atoms with E-state index in [9.17, 15) is 14.0 Å². The van der Waals surface area contributed by atoms with Crippen molar-refractivity contribution < 1.29 is 18.7 Å². The first kappa shape index (κ1) is 11.6. The molecule has 1 aliphatic rings. The Morgan fingerprint density at radius 1 is 1.47 bits per heavy atom. The van der Waals surface area contributed by atoms with Crippen molar-refractivity contribution >= 4 is 17.6 Å². The van der Waals surface area contributed by atoms with Crippen molar-refractivity contribution in [1.82, 2.24) is 0 Å². The SMILES string of the molecule is COC(=O)C1CC(=O)Nc2ccc(F)cc2C1. The number of esters is 1. The molecule has 4 nitrogen and oxygen atoms in total. The van der Waals surface area contributed by atoms with Crippen LogP contribution in [0.3, 0.4) is 0 Å². The molecule has 0 spiro atoms. The van der Waals surface area contributed by atoms with Crippen LogP contribution in [0.4, 0.5) is 10.1 Å². The standard InChI is InChI=1S/C12H12FNO3/c1-17-12(16)8-4-7-5-9(13)2-3-10(7)14-11(15)6-8/h2-3,5,8H,4,6H2,1H3,(H,14,15). The van der Waals surface area contributed by atoms with Gasteiger partial charge in [-0.05, 0) is 30.2 Å². The normalized spacial score (nSPS) is 18.9. The van der Waals surface area contributed by atoms with Gasteiger partial charge in [-0.15, -0.1) is 0 Å². The number of halogens is 1. The fourth-order valence-electron chi connectivity index (χ4n) is 1.95. The van der Waals surface area contributed by atoms with Crippen LogP contribution in [-0.4, -0.2) is 19.0 Å². The van der Waals surface area contributed by atoms with E-state index in [0.29, 0.717) is 17.7 Å². The second-order valence-corrected chi connectivity index (χ2v) is 3.98. The Hall–Kier alpha value is -1.91. The van der Waals surface area contributed by atoms with Crippen molar-refractivity contribution in [2.45, 2.75) is 12.8 Å². The molecule has 5 heteroatoms. The zero-order chi connectivity index (χ0) is 12.4. The van der Waals surface area contributed by atoms with Crippen LogP contribution >= 0.6 is 0 Å². The number of fused-ring (bicyclic) bond motifs is 1. The minimum atomic E-state index is -0.553. The van der Waals surface area contributed by atoms with Crippen LogP contribution in [0.2, 0.25) is 0 Å². The van der Waals surface area contributed by atoms with E-state index in [1.54, 1.807) is 0 Å². The van der Waals surface area contributed by atoms with Crippen molar-refractivity contribution in [1.29, 1.82) is 0 Å². The Morgan fingerprint density at radius 3 is 2.94 bits per heavy atom. The summed E-state index contributed by atoms with van der Waals surface area (Å²) in [5.41, 5.74) is 1.18. The quantitative estimate of drug-likeness (QED) is 0.753. The average molecular weight is 237 g/mol. The van der Waals surface area contributed by atoms with E-state index in [1.165, 1.54) is 25.3 Å². The predicted molar refractivity (Wildman–Crippen MR) is 58.9 cm³/mol. The highest BCUT2D eigenvalue weighted by Crippen LogP contribution is 2.26. The molecule has 1 aromatic rings. The van der Waals surface area contributed by atoms with Crippen LogP contribution in [0.25, 0.3) is 0 Å². The first-order chi connectivity index (χ1) is 8.10. The Balaban J connectivity index is 2.35. The van der Waals surface area contributed by atoms with Gasteiger partial charge in [0.25, 0.3) is 0 Å². The highest BCUT2D eigenvalue weighted by molar-refractivity contribution is 5.95. The number of anilines is 1. The van der Waals surface area contributed by atoms with Gasteiger partial charge >= 0.3 is 5.97 Å². The van der Waals surface area contributed by atoms with Gasteiger partial charge < -0.3 is 10.1 Å². The molecule has 0 bridgehead atoms. The first-order valence-corrected chi connectivity index (χ1v) is 5.26. The molecule has 1 aliphatic heterocycles. The van der Waals surface area contributed by atoms with E-state index < -0.39 is 11.9 Å². The maximum atomic E-state index is 13.1. The number of ether oxygens (including phenoxy) is 1. The van der Waals surface area contributed by atoms with Gasteiger partial charge in [-0.2, -0.15) is 0 Å². The molecular formula is C12H12FNO3. The van der Waals surface area contributed by atoms with Gasteiger partial charge in [0.1, 0.15) is 5.82 Å². The Bertz CT molecular complexity index is 473. The zero-order valence-corrected chi connectivity index (χ0v) is 9.33. The minimum Gasteiger partial charge on any atom is -0.469 e. The molecular weight excluding hydrogens is 225 g/mol. The number of carbonyl (C=O) groups is 2. The lowest BCUT2D eigenvalue weighted by Gasteiger charge is -2.10. The molecule has 2 rings (SSSR count). The molecule has 0 aliphatic carbocycles. The van der Waals surface area contributed by atoms with E-state index in [-0.39, 0.29) is 18.1 Å². The smallest absolute Gasteiger partial charge is 0.309 e. The van der Waals surface area contributed by atoms with Crippen LogP contribution in [0.5, 0.6) is 0 Å². The van der Waals surface area contributed by atoms with Gasteiger partial charge in [-0.1, -0.05) is 0 Å². The molecule has 1 unspecified atom stereocenters. The average Bonchev–Trinajstić information content (AvgIpc) is 2.46. The summed E-state index contributed by atoms with van der Waals surface area (Å²) in [5.74, 6) is -1.64. The molecule has 1 amide bonds. The molecule has 90 valence electrons. The molecule has 1 heterocycles.